The molecule has 2 aromatic carbocycles. The van der Waals surface area contributed by atoms with Crippen LogP contribution in [0.4, 0.5) is 11.4 Å². The van der Waals surface area contributed by atoms with Crippen LogP contribution < -0.4 is 9.80 Å². The highest BCUT2D eigenvalue weighted by atomic mass is 16.7. The van der Waals surface area contributed by atoms with Crippen LogP contribution >= 0.6 is 0 Å². The van der Waals surface area contributed by atoms with E-state index in [2.05, 4.69) is 100 Å². The first-order valence-corrected chi connectivity index (χ1v) is 25.9. The van der Waals surface area contributed by atoms with Crippen LogP contribution in [0.3, 0.4) is 0 Å². The van der Waals surface area contributed by atoms with Gasteiger partial charge < -0.3 is 49.2 Å². The first-order valence-electron chi connectivity index (χ1n) is 25.9. The lowest BCUT2D eigenvalue weighted by Crippen LogP contribution is -2.53. The second-order valence-corrected chi connectivity index (χ2v) is 23.7. The normalized spacial score (nSPS) is 41.6. The van der Waals surface area contributed by atoms with Gasteiger partial charge in [-0.25, -0.2) is 0 Å². The average molecular weight is 907 g/mol. The van der Waals surface area contributed by atoms with Crippen molar-refractivity contribution in [3.8, 4) is 0 Å². The molecule has 10 aliphatic rings. The Kier molecular flexibility index (Phi) is 11.3. The Morgan fingerprint density at radius 2 is 0.864 bits per heavy atom. The number of ether oxygens (including phenoxy) is 4. The van der Waals surface area contributed by atoms with Crippen LogP contribution in [0.25, 0.3) is 0 Å². The van der Waals surface area contributed by atoms with E-state index >= 15 is 0 Å². The van der Waals surface area contributed by atoms with Gasteiger partial charge in [-0.1, -0.05) is 49.3 Å². The molecule has 8 fully saturated rings. The van der Waals surface area contributed by atoms with Gasteiger partial charge in [0.1, 0.15) is 0 Å². The lowest BCUT2D eigenvalue weighted by Gasteiger charge is -2.56. The Morgan fingerprint density at radius 3 is 1.21 bits per heavy atom. The van der Waals surface area contributed by atoms with Crippen LogP contribution in [0, 0.1) is 34.5 Å². The number of nitrogens with zero attached hydrogens (tertiary/aromatic N) is 2. The molecule has 0 aromatic heterocycles. The summed E-state index contributed by atoms with van der Waals surface area (Å²) in [6, 6.07) is 17.9. The summed E-state index contributed by atoms with van der Waals surface area (Å²) in [5, 5.41) is 46.2. The summed E-state index contributed by atoms with van der Waals surface area (Å²) in [6.07, 6.45) is 13.5. The van der Waals surface area contributed by atoms with E-state index in [-0.39, 0.29) is 34.9 Å². The first-order chi connectivity index (χ1) is 31.5. The smallest absolute Gasteiger partial charge is 0.171 e. The van der Waals surface area contributed by atoms with Crippen molar-refractivity contribution in [3.05, 3.63) is 82.0 Å². The highest BCUT2D eigenvalue weighted by Crippen LogP contribution is 2.67. The van der Waals surface area contributed by atoms with E-state index in [1.54, 1.807) is 0 Å². The zero-order valence-corrected chi connectivity index (χ0v) is 40.7. The summed E-state index contributed by atoms with van der Waals surface area (Å²) in [4.78, 5) is 4.27. The molecule has 10 heteroatoms. The third-order valence-corrected chi connectivity index (χ3v) is 20.0. The molecule has 2 heterocycles. The highest BCUT2D eigenvalue weighted by molar-refractivity contribution is 5.51. The van der Waals surface area contributed by atoms with E-state index in [1.807, 2.05) is 0 Å². The van der Waals surface area contributed by atoms with Crippen molar-refractivity contribution in [2.45, 2.75) is 163 Å². The van der Waals surface area contributed by atoms with E-state index in [0.29, 0.717) is 62.9 Å². The van der Waals surface area contributed by atoms with Crippen molar-refractivity contribution in [3.63, 3.8) is 0 Å². The van der Waals surface area contributed by atoms with Gasteiger partial charge in [0.15, 0.2) is 11.6 Å². The van der Waals surface area contributed by atoms with Gasteiger partial charge in [-0.05, 0) is 158 Å². The predicted molar refractivity (Wildman–Crippen MR) is 256 cm³/mol. The molecule has 2 aliphatic heterocycles. The number of hydrogen-bond donors (Lipinski definition) is 4. The standard InChI is InChI=1S/2C28H39NO4/c2*1-26-16-21(18-4-6-19(7-5-18)29(2)3)25-20(22(26)8-9-24(26)30)10-12-27(31)17-28(13-11-23(25)27)32-14-15-33-28/h2*4-7,20-22,24,30-31H,8-17H2,1-3H3/t20-,21+,22-,24+,26-,27+;20-,21+,22-,24-,26-,27+/m00/s1. The molecule has 66 heavy (non-hydrogen) atoms. The lowest BCUT2D eigenvalue weighted by molar-refractivity contribution is -0.208. The summed E-state index contributed by atoms with van der Waals surface area (Å²) in [5.74, 6) is 1.23. The monoisotopic (exact) mass is 907 g/mol. The molecule has 6 saturated carbocycles. The van der Waals surface area contributed by atoms with Gasteiger partial charge in [-0.15, -0.1) is 0 Å². The van der Waals surface area contributed by atoms with E-state index in [4.69, 9.17) is 18.9 Å². The molecule has 8 aliphatic carbocycles. The minimum atomic E-state index is -0.832. The van der Waals surface area contributed by atoms with Gasteiger partial charge in [-0.3, -0.25) is 0 Å². The minimum absolute atomic E-state index is 0.0529. The average Bonchev–Trinajstić information content (AvgIpc) is 4.09. The fourth-order valence-electron chi connectivity index (χ4n) is 16.6. The minimum Gasteiger partial charge on any atom is -0.393 e. The SMILES string of the molecule is CN(C)c1ccc([C@H]2C[C@]3(C)[C@@H](O)CC[C@H]3[C@@H]3CC[C@@]4(O)CC5(CCC4=C32)OCCO5)cc1.CN(C)c1ccc([C@H]2C[C@]3(C)[C@H](O)CC[C@H]3[C@@H]3CC[C@@]4(O)CC5(CCC4=C32)OCCO5)cc1. The molecule has 12 atom stereocenters. The molecule has 4 N–H and O–H groups in total. The van der Waals surface area contributed by atoms with Crippen LogP contribution in [0.2, 0.25) is 0 Å². The van der Waals surface area contributed by atoms with Crippen LogP contribution in [0.1, 0.15) is 140 Å². The largest absolute Gasteiger partial charge is 0.393 e. The molecule has 0 amide bonds. The molecule has 360 valence electrons. The van der Waals surface area contributed by atoms with E-state index in [1.165, 1.54) is 44.8 Å². The Bertz CT molecular complexity index is 2050. The van der Waals surface area contributed by atoms with Crippen LogP contribution in [-0.4, -0.2) is 110 Å². The van der Waals surface area contributed by atoms with E-state index in [9.17, 15) is 20.4 Å². The van der Waals surface area contributed by atoms with Crippen LogP contribution in [0.5, 0.6) is 0 Å². The molecular formula is C56H78N2O8. The third-order valence-electron chi connectivity index (χ3n) is 20.0. The van der Waals surface area contributed by atoms with Gasteiger partial charge in [-0.2, -0.15) is 0 Å². The topological polar surface area (TPSA) is 124 Å². The quantitative estimate of drug-likeness (QED) is 0.222. The summed E-state index contributed by atoms with van der Waals surface area (Å²) in [7, 11) is 8.29. The summed E-state index contributed by atoms with van der Waals surface area (Å²) < 4.78 is 24.1. The molecule has 0 unspecified atom stereocenters. The molecule has 2 spiro atoms. The number of hydrogen-bond acceptors (Lipinski definition) is 10. The van der Waals surface area contributed by atoms with Gasteiger partial charge in [0, 0.05) is 77.1 Å². The van der Waals surface area contributed by atoms with Crippen molar-refractivity contribution in [1.82, 2.24) is 0 Å². The lowest BCUT2D eigenvalue weighted by atomic mass is 9.51. The first kappa shape index (κ1) is 45.6. The molecule has 2 aromatic rings. The highest BCUT2D eigenvalue weighted by Gasteiger charge is 2.62. The number of anilines is 2. The summed E-state index contributed by atoms with van der Waals surface area (Å²) in [5.41, 5.74) is 8.80. The van der Waals surface area contributed by atoms with Gasteiger partial charge in [0.2, 0.25) is 0 Å². The third kappa shape index (κ3) is 7.23. The number of allylic oxidation sites excluding steroid dienone is 2. The molecule has 0 bridgehead atoms. The Morgan fingerprint density at radius 1 is 0.500 bits per heavy atom. The van der Waals surface area contributed by atoms with Gasteiger partial charge in [0.05, 0.1) is 49.8 Å². The van der Waals surface area contributed by atoms with E-state index in [0.717, 1.165) is 89.9 Å². The Balaban J connectivity index is 0.000000146. The zero-order chi connectivity index (χ0) is 46.0. The maximum atomic E-state index is 12.0. The van der Waals surface area contributed by atoms with E-state index < -0.39 is 22.8 Å². The number of rotatable bonds is 4. The van der Waals surface area contributed by atoms with Crippen molar-refractivity contribution in [2.24, 2.45) is 34.5 Å². The Labute approximate surface area is 393 Å². The Hall–Kier alpha value is -2.80. The van der Waals surface area contributed by atoms with Crippen molar-refractivity contribution >= 4 is 11.4 Å². The predicted octanol–water partition coefficient (Wildman–Crippen LogP) is 8.76. The molecule has 0 radical (unpaired) electrons. The zero-order valence-electron chi connectivity index (χ0n) is 40.7. The van der Waals surface area contributed by atoms with Crippen molar-refractivity contribution in [1.29, 1.82) is 0 Å². The number of aliphatic hydroxyl groups excluding tert-OH is 2. The number of benzene rings is 2. The van der Waals surface area contributed by atoms with Gasteiger partial charge >= 0.3 is 0 Å². The number of aliphatic hydroxyl groups is 4. The maximum absolute atomic E-state index is 12.0. The van der Waals surface area contributed by atoms with Crippen LogP contribution in [0.15, 0.2) is 70.8 Å². The maximum Gasteiger partial charge on any atom is 0.171 e. The molecule has 2 saturated heterocycles. The fraction of sp³-hybridized carbons (Fsp3) is 0.714. The second kappa shape index (κ2) is 16.4. The molecule has 10 nitrogen and oxygen atoms in total. The molecular weight excluding hydrogens is 829 g/mol. The van der Waals surface area contributed by atoms with Crippen LogP contribution in [-0.2, 0) is 18.9 Å². The number of fused-ring (bicyclic) bond motifs is 8. The molecule has 12 rings (SSSR count). The van der Waals surface area contributed by atoms with Crippen molar-refractivity contribution < 1.29 is 39.4 Å². The summed E-state index contributed by atoms with van der Waals surface area (Å²) in [6.45, 7) is 7.17. The van der Waals surface area contributed by atoms with Gasteiger partial charge in [0.25, 0.3) is 0 Å². The summed E-state index contributed by atoms with van der Waals surface area (Å²) >= 11 is 0. The van der Waals surface area contributed by atoms with Crippen molar-refractivity contribution in [2.75, 3.05) is 64.4 Å². The fourth-order valence-corrected chi connectivity index (χ4v) is 16.6. The second-order valence-electron chi connectivity index (χ2n) is 23.7.